The van der Waals surface area contributed by atoms with Crippen molar-refractivity contribution in [1.29, 1.82) is 0 Å². The first-order valence-corrected chi connectivity index (χ1v) is 8.54. The summed E-state index contributed by atoms with van der Waals surface area (Å²) >= 11 is 1.85. The highest BCUT2D eigenvalue weighted by Crippen LogP contribution is 2.35. The molecule has 5 heteroatoms. The van der Waals surface area contributed by atoms with E-state index in [1.165, 1.54) is 10.5 Å². The molecule has 0 fully saturated rings. The quantitative estimate of drug-likeness (QED) is 0.882. The fourth-order valence-corrected chi connectivity index (χ4v) is 3.89. The molecule has 1 heterocycles. The number of hydrogen-bond donors (Lipinski definition) is 2. The molecule has 2 atom stereocenters. The first kappa shape index (κ1) is 17.9. The molecular formula is C18H21ClN2OS. The fraction of sp³-hybridized carbons (Fsp3) is 0.278. The van der Waals surface area contributed by atoms with Crippen molar-refractivity contribution in [2.75, 3.05) is 5.75 Å². The van der Waals surface area contributed by atoms with Gasteiger partial charge in [-0.05, 0) is 23.6 Å². The molecule has 0 spiro atoms. The number of thioether (sulfide) groups is 1. The Labute approximate surface area is 147 Å². The van der Waals surface area contributed by atoms with Crippen molar-refractivity contribution in [2.24, 2.45) is 5.73 Å². The SMILES string of the molecule is Cl.NC(CC(=O)NC1CCSc2ccccc21)c1ccccc1. The minimum Gasteiger partial charge on any atom is -0.349 e. The summed E-state index contributed by atoms with van der Waals surface area (Å²) in [4.78, 5) is 13.6. The van der Waals surface area contributed by atoms with Crippen molar-refractivity contribution < 1.29 is 4.79 Å². The van der Waals surface area contributed by atoms with Crippen LogP contribution >= 0.6 is 24.2 Å². The lowest BCUT2D eigenvalue weighted by Crippen LogP contribution is -2.32. The molecule has 0 radical (unpaired) electrons. The van der Waals surface area contributed by atoms with Gasteiger partial charge in [0, 0.05) is 23.1 Å². The second-order valence-corrected chi connectivity index (χ2v) is 6.65. The van der Waals surface area contributed by atoms with E-state index in [9.17, 15) is 4.79 Å². The van der Waals surface area contributed by atoms with Gasteiger partial charge < -0.3 is 11.1 Å². The third-order valence-corrected chi connectivity index (χ3v) is 5.05. The van der Waals surface area contributed by atoms with Crippen molar-refractivity contribution in [3.05, 3.63) is 65.7 Å². The molecule has 2 aromatic rings. The van der Waals surface area contributed by atoms with Crippen molar-refractivity contribution in [2.45, 2.75) is 29.8 Å². The normalized spacial score (nSPS) is 17.5. The molecule has 0 aliphatic carbocycles. The Bertz CT molecular complexity index is 650. The molecule has 3 N–H and O–H groups in total. The predicted molar refractivity (Wildman–Crippen MR) is 97.9 cm³/mol. The van der Waals surface area contributed by atoms with Gasteiger partial charge in [-0.25, -0.2) is 0 Å². The van der Waals surface area contributed by atoms with Gasteiger partial charge in [-0.15, -0.1) is 24.2 Å². The predicted octanol–water partition coefficient (Wildman–Crippen LogP) is 3.85. The summed E-state index contributed by atoms with van der Waals surface area (Å²) in [7, 11) is 0. The molecule has 23 heavy (non-hydrogen) atoms. The first-order chi connectivity index (χ1) is 10.7. The van der Waals surface area contributed by atoms with Gasteiger partial charge in [0.05, 0.1) is 6.04 Å². The zero-order valence-electron chi connectivity index (χ0n) is 12.8. The highest BCUT2D eigenvalue weighted by Gasteiger charge is 2.22. The number of carbonyl (C=O) groups is 1. The Balaban J connectivity index is 0.00000192. The summed E-state index contributed by atoms with van der Waals surface area (Å²) in [5, 5.41) is 3.14. The van der Waals surface area contributed by atoms with Crippen LogP contribution in [0.1, 0.15) is 36.1 Å². The van der Waals surface area contributed by atoms with Gasteiger partial charge in [0.15, 0.2) is 0 Å². The molecule has 3 rings (SSSR count). The topological polar surface area (TPSA) is 55.1 Å². The van der Waals surface area contributed by atoms with E-state index in [4.69, 9.17) is 5.73 Å². The largest absolute Gasteiger partial charge is 0.349 e. The zero-order chi connectivity index (χ0) is 15.4. The Kier molecular flexibility index (Phi) is 6.51. The lowest BCUT2D eigenvalue weighted by atomic mass is 10.0. The molecule has 0 saturated carbocycles. The number of amides is 1. The Morgan fingerprint density at radius 3 is 2.65 bits per heavy atom. The summed E-state index contributed by atoms with van der Waals surface area (Å²) in [5.41, 5.74) is 8.35. The summed E-state index contributed by atoms with van der Waals surface area (Å²) in [6.07, 6.45) is 1.28. The van der Waals surface area contributed by atoms with E-state index in [1.807, 2.05) is 54.2 Å². The van der Waals surface area contributed by atoms with Crippen LogP contribution in [0.15, 0.2) is 59.5 Å². The van der Waals surface area contributed by atoms with Crippen LogP contribution in [-0.2, 0) is 4.79 Å². The third kappa shape index (κ3) is 4.50. The average molecular weight is 349 g/mol. The summed E-state index contributed by atoms with van der Waals surface area (Å²) in [6.45, 7) is 0. The maximum Gasteiger partial charge on any atom is 0.222 e. The van der Waals surface area contributed by atoms with Crippen LogP contribution in [0.2, 0.25) is 0 Å². The second kappa shape index (κ2) is 8.39. The van der Waals surface area contributed by atoms with Gasteiger partial charge in [-0.3, -0.25) is 4.79 Å². The molecule has 3 nitrogen and oxygen atoms in total. The highest BCUT2D eigenvalue weighted by molar-refractivity contribution is 7.99. The van der Waals surface area contributed by atoms with Crippen molar-refractivity contribution in [3.63, 3.8) is 0 Å². The Morgan fingerprint density at radius 1 is 1.17 bits per heavy atom. The van der Waals surface area contributed by atoms with Crippen molar-refractivity contribution in [1.82, 2.24) is 5.32 Å². The molecule has 122 valence electrons. The van der Waals surface area contributed by atoms with Crippen LogP contribution in [0.3, 0.4) is 0 Å². The van der Waals surface area contributed by atoms with Gasteiger partial charge in [0.2, 0.25) is 5.91 Å². The standard InChI is InChI=1S/C18H20N2OS.ClH/c19-15(13-6-2-1-3-7-13)12-18(21)20-16-10-11-22-17-9-5-4-8-14(16)17;/h1-9,15-16H,10-12,19H2,(H,20,21);1H. The van der Waals surface area contributed by atoms with Crippen LogP contribution < -0.4 is 11.1 Å². The van der Waals surface area contributed by atoms with E-state index in [0.29, 0.717) is 6.42 Å². The van der Waals surface area contributed by atoms with E-state index in [1.54, 1.807) is 0 Å². The molecule has 2 aromatic carbocycles. The first-order valence-electron chi connectivity index (χ1n) is 7.55. The monoisotopic (exact) mass is 348 g/mol. The van der Waals surface area contributed by atoms with Crippen LogP contribution in [-0.4, -0.2) is 11.7 Å². The van der Waals surface area contributed by atoms with Gasteiger partial charge >= 0.3 is 0 Å². The van der Waals surface area contributed by atoms with Crippen LogP contribution in [0.4, 0.5) is 0 Å². The number of nitrogens with one attached hydrogen (secondary N) is 1. The second-order valence-electron chi connectivity index (χ2n) is 5.52. The number of rotatable bonds is 4. The lowest BCUT2D eigenvalue weighted by Gasteiger charge is -2.26. The molecule has 0 aromatic heterocycles. The van der Waals surface area contributed by atoms with Crippen LogP contribution in [0.5, 0.6) is 0 Å². The molecule has 1 amide bonds. The highest BCUT2D eigenvalue weighted by atomic mass is 35.5. The molecule has 1 aliphatic rings. The Morgan fingerprint density at radius 2 is 1.87 bits per heavy atom. The number of hydrogen-bond acceptors (Lipinski definition) is 3. The number of fused-ring (bicyclic) bond motifs is 1. The van der Waals surface area contributed by atoms with Crippen molar-refractivity contribution >= 4 is 30.1 Å². The van der Waals surface area contributed by atoms with Gasteiger partial charge in [-0.2, -0.15) is 0 Å². The zero-order valence-corrected chi connectivity index (χ0v) is 14.4. The molecule has 2 unspecified atom stereocenters. The van der Waals surface area contributed by atoms with Gasteiger partial charge in [0.1, 0.15) is 0 Å². The molecular weight excluding hydrogens is 328 g/mol. The fourth-order valence-electron chi connectivity index (χ4n) is 2.76. The minimum absolute atomic E-state index is 0. The van der Waals surface area contributed by atoms with E-state index < -0.39 is 0 Å². The molecule has 0 saturated heterocycles. The van der Waals surface area contributed by atoms with E-state index >= 15 is 0 Å². The summed E-state index contributed by atoms with van der Waals surface area (Å²) < 4.78 is 0. The number of benzene rings is 2. The Hall–Kier alpha value is -1.49. The summed E-state index contributed by atoms with van der Waals surface area (Å²) in [5.74, 6) is 1.05. The van der Waals surface area contributed by atoms with E-state index in [0.717, 1.165) is 17.7 Å². The number of halogens is 1. The maximum atomic E-state index is 12.3. The lowest BCUT2D eigenvalue weighted by molar-refractivity contribution is -0.122. The van der Waals surface area contributed by atoms with Crippen LogP contribution in [0, 0.1) is 0 Å². The van der Waals surface area contributed by atoms with Crippen molar-refractivity contribution in [3.8, 4) is 0 Å². The van der Waals surface area contributed by atoms with E-state index in [2.05, 4.69) is 17.4 Å². The van der Waals surface area contributed by atoms with Gasteiger partial charge in [-0.1, -0.05) is 48.5 Å². The smallest absolute Gasteiger partial charge is 0.222 e. The van der Waals surface area contributed by atoms with Crippen LogP contribution in [0.25, 0.3) is 0 Å². The third-order valence-electron chi connectivity index (χ3n) is 3.93. The average Bonchev–Trinajstić information content (AvgIpc) is 2.56. The van der Waals surface area contributed by atoms with E-state index in [-0.39, 0.29) is 30.4 Å². The van der Waals surface area contributed by atoms with Gasteiger partial charge in [0.25, 0.3) is 0 Å². The maximum absolute atomic E-state index is 12.3. The number of carbonyl (C=O) groups excluding carboxylic acids is 1. The number of nitrogens with two attached hydrogens (primary N) is 1. The molecule has 0 bridgehead atoms. The minimum atomic E-state index is -0.255. The summed E-state index contributed by atoms with van der Waals surface area (Å²) in [6, 6.07) is 17.9. The molecule has 1 aliphatic heterocycles.